The zero-order chi connectivity index (χ0) is 12.8. The lowest BCUT2D eigenvalue weighted by Gasteiger charge is -2.05. The predicted octanol–water partition coefficient (Wildman–Crippen LogP) is 3.47. The molecule has 1 rings (SSSR count). The summed E-state index contributed by atoms with van der Waals surface area (Å²) in [7, 11) is 0. The van der Waals surface area contributed by atoms with Crippen LogP contribution in [0.1, 0.15) is 20.3 Å². The van der Waals surface area contributed by atoms with Crippen molar-refractivity contribution in [2.75, 3.05) is 6.61 Å². The third-order valence-electron chi connectivity index (χ3n) is 2.36. The van der Waals surface area contributed by atoms with Crippen LogP contribution in [-0.4, -0.2) is 11.5 Å². The summed E-state index contributed by atoms with van der Waals surface area (Å²) < 4.78 is 18.5. The van der Waals surface area contributed by atoms with E-state index in [1.807, 2.05) is 13.8 Å². The standard InChI is InChI=1S/C12H14FNO3/c1-3-9(2)7-8-17-12-10(13)5-4-6-11(12)14(15)16/h4-7H,3,8H2,1-2H3. The van der Waals surface area contributed by atoms with E-state index < -0.39 is 10.7 Å². The molecule has 0 atom stereocenters. The molecule has 0 amide bonds. The van der Waals surface area contributed by atoms with Crippen molar-refractivity contribution in [2.45, 2.75) is 20.3 Å². The molecule has 0 aliphatic carbocycles. The van der Waals surface area contributed by atoms with Gasteiger partial charge < -0.3 is 4.74 Å². The quantitative estimate of drug-likeness (QED) is 0.449. The number of para-hydroxylation sites is 1. The number of ether oxygens (including phenoxy) is 1. The number of halogens is 1. The molecule has 0 aliphatic heterocycles. The van der Waals surface area contributed by atoms with E-state index in [0.29, 0.717) is 0 Å². The minimum Gasteiger partial charge on any atom is -0.481 e. The van der Waals surface area contributed by atoms with Gasteiger partial charge in [0.1, 0.15) is 6.61 Å². The maximum atomic E-state index is 13.4. The van der Waals surface area contributed by atoms with Crippen LogP contribution in [0.2, 0.25) is 0 Å². The van der Waals surface area contributed by atoms with E-state index in [9.17, 15) is 14.5 Å². The Morgan fingerprint density at radius 2 is 2.29 bits per heavy atom. The average molecular weight is 239 g/mol. The molecule has 0 heterocycles. The van der Waals surface area contributed by atoms with E-state index >= 15 is 0 Å². The second kappa shape index (κ2) is 5.98. The van der Waals surface area contributed by atoms with Crippen molar-refractivity contribution < 1.29 is 14.1 Å². The van der Waals surface area contributed by atoms with Gasteiger partial charge in [-0.1, -0.05) is 18.6 Å². The van der Waals surface area contributed by atoms with Crippen LogP contribution < -0.4 is 4.74 Å². The van der Waals surface area contributed by atoms with Gasteiger partial charge in [-0.15, -0.1) is 0 Å². The van der Waals surface area contributed by atoms with Crippen LogP contribution in [0.25, 0.3) is 0 Å². The Kier molecular flexibility index (Phi) is 4.63. The van der Waals surface area contributed by atoms with Gasteiger partial charge in [0, 0.05) is 6.07 Å². The third kappa shape index (κ3) is 3.55. The van der Waals surface area contributed by atoms with Gasteiger partial charge in [0.25, 0.3) is 0 Å². The van der Waals surface area contributed by atoms with E-state index in [1.54, 1.807) is 6.08 Å². The van der Waals surface area contributed by atoms with E-state index in [2.05, 4.69) is 0 Å². The molecule has 1 aromatic carbocycles. The van der Waals surface area contributed by atoms with Gasteiger partial charge in [-0.2, -0.15) is 0 Å². The Bertz CT molecular complexity index is 443. The summed E-state index contributed by atoms with van der Waals surface area (Å²) in [6.45, 7) is 4.03. The first kappa shape index (κ1) is 13.2. The maximum Gasteiger partial charge on any atom is 0.314 e. The highest BCUT2D eigenvalue weighted by molar-refractivity contribution is 5.46. The topological polar surface area (TPSA) is 52.4 Å². The number of benzene rings is 1. The lowest BCUT2D eigenvalue weighted by atomic mass is 10.2. The fraction of sp³-hybridized carbons (Fsp3) is 0.333. The van der Waals surface area contributed by atoms with Gasteiger partial charge >= 0.3 is 5.69 Å². The summed E-state index contributed by atoms with van der Waals surface area (Å²) in [6.07, 6.45) is 2.64. The molecule has 1 aromatic rings. The first-order valence-electron chi connectivity index (χ1n) is 5.27. The highest BCUT2D eigenvalue weighted by Crippen LogP contribution is 2.29. The van der Waals surface area contributed by atoms with Crippen molar-refractivity contribution in [3.8, 4) is 5.75 Å². The predicted molar refractivity (Wildman–Crippen MR) is 62.6 cm³/mol. The summed E-state index contributed by atoms with van der Waals surface area (Å²) in [5.74, 6) is -1.03. The van der Waals surface area contributed by atoms with Crippen molar-refractivity contribution in [3.63, 3.8) is 0 Å². The number of nitro benzene ring substituents is 1. The maximum absolute atomic E-state index is 13.4. The van der Waals surface area contributed by atoms with Gasteiger partial charge in [0.2, 0.25) is 5.75 Å². The van der Waals surface area contributed by atoms with Gasteiger partial charge in [-0.3, -0.25) is 10.1 Å². The Morgan fingerprint density at radius 1 is 1.59 bits per heavy atom. The molecule has 0 N–H and O–H groups in total. The Morgan fingerprint density at radius 3 is 2.88 bits per heavy atom. The molecule has 0 saturated heterocycles. The summed E-state index contributed by atoms with van der Waals surface area (Å²) >= 11 is 0. The highest BCUT2D eigenvalue weighted by Gasteiger charge is 2.18. The average Bonchev–Trinajstić information content (AvgIpc) is 2.30. The van der Waals surface area contributed by atoms with Gasteiger partial charge in [-0.05, 0) is 25.5 Å². The number of allylic oxidation sites excluding steroid dienone is 1. The molecular formula is C12H14FNO3. The summed E-state index contributed by atoms with van der Waals surface area (Å²) in [5, 5.41) is 10.7. The van der Waals surface area contributed by atoms with Gasteiger partial charge in [0.15, 0.2) is 5.82 Å². The molecule has 5 heteroatoms. The van der Waals surface area contributed by atoms with Crippen molar-refractivity contribution in [3.05, 3.63) is 45.8 Å². The van der Waals surface area contributed by atoms with Crippen molar-refractivity contribution in [1.29, 1.82) is 0 Å². The Hall–Kier alpha value is -1.91. The van der Waals surface area contributed by atoms with Crippen molar-refractivity contribution in [1.82, 2.24) is 0 Å². The molecule has 4 nitrogen and oxygen atoms in total. The largest absolute Gasteiger partial charge is 0.481 e. The molecule has 0 aliphatic rings. The van der Waals surface area contributed by atoms with Gasteiger partial charge in [0.05, 0.1) is 4.92 Å². The molecule has 0 unspecified atom stereocenters. The Balaban J connectivity index is 2.86. The summed E-state index contributed by atoms with van der Waals surface area (Å²) in [4.78, 5) is 10.0. The number of nitro groups is 1. The first-order valence-corrected chi connectivity index (χ1v) is 5.27. The second-order valence-electron chi connectivity index (χ2n) is 3.56. The van der Waals surface area contributed by atoms with Crippen LogP contribution in [0, 0.1) is 15.9 Å². The lowest BCUT2D eigenvalue weighted by Crippen LogP contribution is -2.01. The molecular weight excluding hydrogens is 225 g/mol. The van der Waals surface area contributed by atoms with Crippen molar-refractivity contribution in [2.24, 2.45) is 0 Å². The second-order valence-corrected chi connectivity index (χ2v) is 3.56. The molecule has 0 radical (unpaired) electrons. The smallest absolute Gasteiger partial charge is 0.314 e. The van der Waals surface area contributed by atoms with Crippen molar-refractivity contribution >= 4 is 5.69 Å². The number of rotatable bonds is 5. The Labute approximate surface area is 98.9 Å². The molecule has 17 heavy (non-hydrogen) atoms. The number of nitrogens with zero attached hydrogens (tertiary/aromatic N) is 1. The van der Waals surface area contributed by atoms with Crippen LogP contribution in [-0.2, 0) is 0 Å². The lowest BCUT2D eigenvalue weighted by molar-refractivity contribution is -0.386. The fourth-order valence-corrected chi connectivity index (χ4v) is 1.20. The number of hydrogen-bond acceptors (Lipinski definition) is 3. The molecule has 92 valence electrons. The van der Waals surface area contributed by atoms with Crippen LogP contribution in [0.5, 0.6) is 5.75 Å². The van der Waals surface area contributed by atoms with Crippen LogP contribution >= 0.6 is 0 Å². The molecule has 0 bridgehead atoms. The highest BCUT2D eigenvalue weighted by atomic mass is 19.1. The SMILES string of the molecule is CCC(C)=CCOc1c(F)cccc1[N+](=O)[O-]. The molecule has 0 saturated carbocycles. The number of hydrogen-bond donors (Lipinski definition) is 0. The summed E-state index contributed by atoms with van der Waals surface area (Å²) in [6, 6.07) is 3.64. The van der Waals surface area contributed by atoms with E-state index in [-0.39, 0.29) is 18.0 Å². The van der Waals surface area contributed by atoms with E-state index in [4.69, 9.17) is 4.74 Å². The molecule has 0 spiro atoms. The molecule has 0 fully saturated rings. The zero-order valence-electron chi connectivity index (χ0n) is 9.77. The summed E-state index contributed by atoms with van der Waals surface area (Å²) in [5.41, 5.74) is 0.733. The van der Waals surface area contributed by atoms with Crippen LogP contribution in [0.4, 0.5) is 10.1 Å². The monoisotopic (exact) mass is 239 g/mol. The van der Waals surface area contributed by atoms with Gasteiger partial charge in [-0.25, -0.2) is 4.39 Å². The minimum absolute atomic E-state index is 0.126. The van der Waals surface area contributed by atoms with E-state index in [1.165, 1.54) is 12.1 Å². The van der Waals surface area contributed by atoms with E-state index in [0.717, 1.165) is 18.1 Å². The molecule has 0 aromatic heterocycles. The minimum atomic E-state index is -0.721. The first-order chi connectivity index (χ1) is 8.06. The normalized spacial score (nSPS) is 11.4. The third-order valence-corrected chi connectivity index (χ3v) is 2.36. The van der Waals surface area contributed by atoms with Crippen LogP contribution in [0.15, 0.2) is 29.8 Å². The fourth-order valence-electron chi connectivity index (χ4n) is 1.20. The zero-order valence-corrected chi connectivity index (χ0v) is 9.77. The van der Waals surface area contributed by atoms with Crippen LogP contribution in [0.3, 0.4) is 0 Å².